The third kappa shape index (κ3) is 3.58. The number of nitrogens with zero attached hydrogens (tertiary/aromatic N) is 1. The zero-order valence-corrected chi connectivity index (χ0v) is 10.9. The van der Waals surface area contributed by atoms with Gasteiger partial charge in [-0.2, -0.15) is 0 Å². The highest BCUT2D eigenvalue weighted by molar-refractivity contribution is 4.90. The van der Waals surface area contributed by atoms with Gasteiger partial charge in [-0.3, -0.25) is 4.90 Å². The Bertz CT molecular complexity index is 139. The lowest BCUT2D eigenvalue weighted by Gasteiger charge is -2.42. The van der Waals surface area contributed by atoms with Gasteiger partial charge in [-0.05, 0) is 46.8 Å². The molecule has 0 aromatic rings. The molecule has 1 unspecified atom stereocenters. The first-order chi connectivity index (χ1) is 6.50. The predicted octanol–water partition coefficient (Wildman–Crippen LogP) is 2.49. The van der Waals surface area contributed by atoms with Gasteiger partial charge in [0.05, 0.1) is 0 Å². The molecule has 0 bridgehead atoms. The van der Waals surface area contributed by atoms with Crippen molar-refractivity contribution in [1.29, 1.82) is 0 Å². The summed E-state index contributed by atoms with van der Waals surface area (Å²) in [5.41, 5.74) is 0.249. The molecule has 1 N–H and O–H groups in total. The van der Waals surface area contributed by atoms with Crippen LogP contribution >= 0.6 is 0 Å². The zero-order chi connectivity index (χ0) is 11.2. The summed E-state index contributed by atoms with van der Waals surface area (Å²) in [6.45, 7) is 17.0. The van der Waals surface area contributed by atoms with E-state index in [4.69, 9.17) is 0 Å². The summed E-state index contributed by atoms with van der Waals surface area (Å²) in [5, 5.41) is 3.58. The Balaban J connectivity index is 4.25. The highest BCUT2D eigenvalue weighted by Gasteiger charge is 2.30. The molecular weight excluding hydrogens is 172 g/mol. The second-order valence-electron chi connectivity index (χ2n) is 4.50. The standard InChI is InChI=1S/C12H28N2/c1-7-10-13-11(4)12(5,6)14(8-2)9-3/h11,13H,7-10H2,1-6H3. The van der Waals surface area contributed by atoms with Crippen molar-refractivity contribution < 1.29 is 0 Å². The van der Waals surface area contributed by atoms with Crippen LogP contribution in [0.15, 0.2) is 0 Å². The van der Waals surface area contributed by atoms with Crippen LogP contribution in [0.4, 0.5) is 0 Å². The van der Waals surface area contributed by atoms with Gasteiger partial charge in [0.25, 0.3) is 0 Å². The van der Waals surface area contributed by atoms with Crippen LogP contribution < -0.4 is 5.32 Å². The van der Waals surface area contributed by atoms with Crippen molar-refractivity contribution in [2.24, 2.45) is 0 Å². The smallest absolute Gasteiger partial charge is 0.0303 e. The number of likely N-dealkylation sites (N-methyl/N-ethyl adjacent to an activating group) is 1. The van der Waals surface area contributed by atoms with Crippen LogP contribution in [0, 0.1) is 0 Å². The Kier molecular flexibility index (Phi) is 6.38. The normalized spacial score (nSPS) is 14.8. The van der Waals surface area contributed by atoms with E-state index in [1.807, 2.05) is 0 Å². The van der Waals surface area contributed by atoms with Crippen LogP contribution in [0.3, 0.4) is 0 Å². The van der Waals surface area contributed by atoms with Crippen molar-refractivity contribution in [3.63, 3.8) is 0 Å². The third-order valence-electron chi connectivity index (χ3n) is 3.34. The number of nitrogens with one attached hydrogen (secondary N) is 1. The first-order valence-corrected chi connectivity index (χ1v) is 5.99. The molecule has 0 aromatic heterocycles. The minimum Gasteiger partial charge on any atom is -0.312 e. The first kappa shape index (κ1) is 13.9. The third-order valence-corrected chi connectivity index (χ3v) is 3.34. The Morgan fingerprint density at radius 3 is 2.00 bits per heavy atom. The monoisotopic (exact) mass is 200 g/mol. The maximum Gasteiger partial charge on any atom is 0.0303 e. The van der Waals surface area contributed by atoms with Crippen molar-refractivity contribution in [3.8, 4) is 0 Å². The van der Waals surface area contributed by atoms with Gasteiger partial charge in [0.2, 0.25) is 0 Å². The summed E-state index contributed by atoms with van der Waals surface area (Å²) >= 11 is 0. The molecule has 0 rings (SSSR count). The highest BCUT2D eigenvalue weighted by Crippen LogP contribution is 2.18. The van der Waals surface area contributed by atoms with Crippen molar-refractivity contribution >= 4 is 0 Å². The fourth-order valence-corrected chi connectivity index (χ4v) is 1.92. The van der Waals surface area contributed by atoms with E-state index in [1.165, 1.54) is 6.42 Å². The van der Waals surface area contributed by atoms with Gasteiger partial charge in [0.1, 0.15) is 0 Å². The second-order valence-corrected chi connectivity index (χ2v) is 4.50. The van der Waals surface area contributed by atoms with Crippen LogP contribution in [0.5, 0.6) is 0 Å². The van der Waals surface area contributed by atoms with Gasteiger partial charge in [-0.25, -0.2) is 0 Å². The van der Waals surface area contributed by atoms with Crippen molar-refractivity contribution in [1.82, 2.24) is 10.2 Å². The predicted molar refractivity (Wildman–Crippen MR) is 64.8 cm³/mol. The maximum absolute atomic E-state index is 3.58. The SMILES string of the molecule is CCCNC(C)C(C)(C)N(CC)CC. The molecule has 0 amide bonds. The average Bonchev–Trinajstić information content (AvgIpc) is 2.15. The van der Waals surface area contributed by atoms with Crippen LogP contribution in [-0.4, -0.2) is 36.1 Å². The molecule has 0 heterocycles. The van der Waals surface area contributed by atoms with Gasteiger partial charge in [0, 0.05) is 11.6 Å². The van der Waals surface area contributed by atoms with Gasteiger partial charge < -0.3 is 5.32 Å². The molecule has 0 aliphatic rings. The Hall–Kier alpha value is -0.0800. The van der Waals surface area contributed by atoms with E-state index in [2.05, 4.69) is 51.8 Å². The summed E-state index contributed by atoms with van der Waals surface area (Å²) in [4.78, 5) is 2.51. The fourth-order valence-electron chi connectivity index (χ4n) is 1.92. The van der Waals surface area contributed by atoms with E-state index >= 15 is 0 Å². The molecule has 0 aliphatic heterocycles. The van der Waals surface area contributed by atoms with Gasteiger partial charge >= 0.3 is 0 Å². The molecule has 86 valence electrons. The van der Waals surface area contributed by atoms with Crippen molar-refractivity contribution in [2.75, 3.05) is 19.6 Å². The average molecular weight is 200 g/mol. The van der Waals surface area contributed by atoms with Gasteiger partial charge in [-0.15, -0.1) is 0 Å². The van der Waals surface area contributed by atoms with Gasteiger partial charge in [-0.1, -0.05) is 20.8 Å². The quantitative estimate of drug-likeness (QED) is 0.679. The molecule has 0 radical (unpaired) electrons. The molecular formula is C12H28N2. The lowest BCUT2D eigenvalue weighted by molar-refractivity contribution is 0.0982. The molecule has 0 spiro atoms. The fraction of sp³-hybridized carbons (Fsp3) is 1.00. The number of hydrogen-bond donors (Lipinski definition) is 1. The van der Waals surface area contributed by atoms with E-state index < -0.39 is 0 Å². The lowest BCUT2D eigenvalue weighted by atomic mass is 9.93. The molecule has 0 saturated heterocycles. The summed E-state index contributed by atoms with van der Waals surface area (Å²) in [6.07, 6.45) is 1.21. The summed E-state index contributed by atoms with van der Waals surface area (Å²) in [5.74, 6) is 0. The number of hydrogen-bond acceptors (Lipinski definition) is 2. The minimum atomic E-state index is 0.249. The Labute approximate surface area is 90.1 Å². The molecule has 0 saturated carbocycles. The van der Waals surface area contributed by atoms with E-state index in [1.54, 1.807) is 0 Å². The number of rotatable bonds is 7. The maximum atomic E-state index is 3.58. The zero-order valence-electron chi connectivity index (χ0n) is 10.9. The molecule has 0 aromatic carbocycles. The van der Waals surface area contributed by atoms with E-state index in [9.17, 15) is 0 Å². The van der Waals surface area contributed by atoms with Crippen LogP contribution in [0.2, 0.25) is 0 Å². The molecule has 14 heavy (non-hydrogen) atoms. The van der Waals surface area contributed by atoms with E-state index in [0.717, 1.165) is 19.6 Å². The highest BCUT2D eigenvalue weighted by atomic mass is 15.2. The first-order valence-electron chi connectivity index (χ1n) is 5.99. The summed E-state index contributed by atoms with van der Waals surface area (Å²) in [7, 11) is 0. The topological polar surface area (TPSA) is 15.3 Å². The van der Waals surface area contributed by atoms with Gasteiger partial charge in [0.15, 0.2) is 0 Å². The Morgan fingerprint density at radius 2 is 1.64 bits per heavy atom. The molecule has 0 aliphatic carbocycles. The Morgan fingerprint density at radius 1 is 1.14 bits per heavy atom. The largest absolute Gasteiger partial charge is 0.312 e. The van der Waals surface area contributed by atoms with Crippen molar-refractivity contribution in [3.05, 3.63) is 0 Å². The van der Waals surface area contributed by atoms with Crippen LogP contribution in [0.1, 0.15) is 48.0 Å². The van der Waals surface area contributed by atoms with E-state index in [0.29, 0.717) is 6.04 Å². The van der Waals surface area contributed by atoms with Crippen LogP contribution in [0.25, 0.3) is 0 Å². The van der Waals surface area contributed by atoms with E-state index in [-0.39, 0.29) is 5.54 Å². The molecule has 0 fully saturated rings. The summed E-state index contributed by atoms with van der Waals surface area (Å²) in [6, 6.07) is 0.544. The second kappa shape index (κ2) is 6.41. The lowest BCUT2D eigenvalue weighted by Crippen LogP contribution is -2.56. The van der Waals surface area contributed by atoms with Crippen LogP contribution in [-0.2, 0) is 0 Å². The molecule has 2 heteroatoms. The minimum absolute atomic E-state index is 0.249. The molecule has 1 atom stereocenters. The molecule has 2 nitrogen and oxygen atoms in total. The summed E-state index contributed by atoms with van der Waals surface area (Å²) < 4.78 is 0. The van der Waals surface area contributed by atoms with Crippen molar-refractivity contribution in [2.45, 2.75) is 59.5 Å².